The molecule has 0 spiro atoms. The molecule has 2 atom stereocenters. The maximum atomic E-state index is 12.7. The van der Waals surface area contributed by atoms with Gasteiger partial charge in [-0.3, -0.25) is 14.4 Å². The first-order chi connectivity index (χ1) is 27.4. The molecule has 0 aliphatic carbocycles. The first kappa shape index (κ1) is 54.4. The molecule has 1 unspecified atom stereocenters. The average Bonchev–Trinajstić information content (AvgIpc) is 3.19. The number of hydrogen-bond acceptors (Lipinski definition) is 6. The van der Waals surface area contributed by atoms with Crippen LogP contribution in [0.15, 0.2) is 0 Å². The van der Waals surface area contributed by atoms with Crippen molar-refractivity contribution in [1.82, 2.24) is 0 Å². The Labute approximate surface area is 348 Å². The van der Waals surface area contributed by atoms with Crippen molar-refractivity contribution in [2.24, 2.45) is 5.92 Å². The minimum Gasteiger partial charge on any atom is -0.462 e. The molecule has 0 aromatic heterocycles. The quantitative estimate of drug-likeness (QED) is 0.0347. The average molecular weight is 793 g/mol. The van der Waals surface area contributed by atoms with E-state index < -0.39 is 6.10 Å². The van der Waals surface area contributed by atoms with E-state index in [0.29, 0.717) is 19.3 Å². The summed E-state index contributed by atoms with van der Waals surface area (Å²) in [6, 6.07) is 0. The van der Waals surface area contributed by atoms with E-state index in [9.17, 15) is 14.4 Å². The van der Waals surface area contributed by atoms with Crippen LogP contribution in [0, 0.1) is 5.92 Å². The number of rotatable bonds is 45. The number of carbonyl (C=O) groups is 3. The summed E-state index contributed by atoms with van der Waals surface area (Å²) < 4.78 is 16.8. The van der Waals surface area contributed by atoms with E-state index in [1.807, 2.05) is 0 Å². The van der Waals surface area contributed by atoms with E-state index >= 15 is 0 Å². The number of esters is 3. The molecule has 0 aliphatic rings. The predicted molar refractivity (Wildman–Crippen MR) is 238 cm³/mol. The van der Waals surface area contributed by atoms with Crippen molar-refractivity contribution in [3.63, 3.8) is 0 Å². The summed E-state index contributed by atoms with van der Waals surface area (Å²) in [6.45, 7) is 8.99. The molecule has 0 bridgehead atoms. The summed E-state index contributed by atoms with van der Waals surface area (Å²) in [6.07, 6.45) is 45.1. The van der Waals surface area contributed by atoms with Crippen LogP contribution in [0.5, 0.6) is 0 Å². The third-order valence-corrected chi connectivity index (χ3v) is 11.7. The van der Waals surface area contributed by atoms with Crippen molar-refractivity contribution in [1.29, 1.82) is 0 Å². The predicted octanol–water partition coefficient (Wildman–Crippen LogP) is 15.9. The fourth-order valence-corrected chi connectivity index (χ4v) is 7.48. The Balaban J connectivity index is 4.29. The van der Waals surface area contributed by atoms with Crippen LogP contribution in [0.2, 0.25) is 0 Å². The van der Waals surface area contributed by atoms with Gasteiger partial charge in [0.2, 0.25) is 0 Å². The summed E-state index contributed by atoms with van der Waals surface area (Å²) in [5.74, 6) is -0.0362. The van der Waals surface area contributed by atoms with E-state index in [1.165, 1.54) is 173 Å². The molecule has 0 fully saturated rings. The molecule has 0 rings (SSSR count). The van der Waals surface area contributed by atoms with Gasteiger partial charge in [-0.1, -0.05) is 240 Å². The molecule has 332 valence electrons. The lowest BCUT2D eigenvalue weighted by Gasteiger charge is -2.18. The van der Waals surface area contributed by atoms with Gasteiger partial charge in [-0.05, 0) is 25.2 Å². The molecule has 0 aromatic rings. The monoisotopic (exact) mass is 793 g/mol. The zero-order valence-electron chi connectivity index (χ0n) is 38.1. The van der Waals surface area contributed by atoms with E-state index in [1.54, 1.807) is 0 Å². The lowest BCUT2D eigenvalue weighted by molar-refractivity contribution is -0.167. The summed E-state index contributed by atoms with van der Waals surface area (Å²) in [7, 11) is 0. The molecule has 0 saturated carbocycles. The Morgan fingerprint density at radius 2 is 0.625 bits per heavy atom. The first-order valence-corrected chi connectivity index (χ1v) is 24.9. The van der Waals surface area contributed by atoms with Crippen LogP contribution in [0.25, 0.3) is 0 Å². The number of carbonyl (C=O) groups excluding carboxylic acids is 3. The largest absolute Gasteiger partial charge is 0.462 e. The van der Waals surface area contributed by atoms with E-state index in [-0.39, 0.29) is 31.1 Å². The fourth-order valence-electron chi connectivity index (χ4n) is 7.48. The van der Waals surface area contributed by atoms with Crippen molar-refractivity contribution in [2.45, 2.75) is 284 Å². The van der Waals surface area contributed by atoms with Crippen molar-refractivity contribution >= 4 is 17.9 Å². The molecule has 0 aliphatic heterocycles. The molecule has 0 aromatic carbocycles. The topological polar surface area (TPSA) is 78.9 Å². The second-order valence-corrected chi connectivity index (χ2v) is 17.3. The highest BCUT2D eigenvalue weighted by molar-refractivity contribution is 5.71. The van der Waals surface area contributed by atoms with Crippen molar-refractivity contribution in [3.05, 3.63) is 0 Å². The van der Waals surface area contributed by atoms with Crippen LogP contribution in [0.3, 0.4) is 0 Å². The normalized spacial score (nSPS) is 12.4. The number of ether oxygens (including phenoxy) is 3. The van der Waals surface area contributed by atoms with Crippen LogP contribution in [-0.4, -0.2) is 37.2 Å². The van der Waals surface area contributed by atoms with Gasteiger partial charge in [-0.25, -0.2) is 0 Å². The molecule has 0 N–H and O–H groups in total. The lowest BCUT2D eigenvalue weighted by Crippen LogP contribution is -2.30. The Hall–Kier alpha value is -1.59. The van der Waals surface area contributed by atoms with Gasteiger partial charge in [-0.2, -0.15) is 0 Å². The molecular weight excluding hydrogens is 697 g/mol. The standard InChI is InChI=1S/C50H96O6/c1-5-8-10-12-14-16-18-20-21-22-23-25-26-28-33-37-41-48(51)54-44-47(45-55-49(52)42-38-34-31-30-32-36-40-46(4)7-3)56-50(53)43-39-35-29-27-24-19-17-15-13-11-9-6-2/h46-47H,5-45H2,1-4H3/t46?,47-/m1/s1. The zero-order valence-corrected chi connectivity index (χ0v) is 38.1. The van der Waals surface area contributed by atoms with Crippen LogP contribution in [-0.2, 0) is 28.6 Å². The fraction of sp³-hybridized carbons (Fsp3) is 0.940. The van der Waals surface area contributed by atoms with E-state index in [2.05, 4.69) is 27.7 Å². The van der Waals surface area contributed by atoms with Gasteiger partial charge in [0, 0.05) is 19.3 Å². The van der Waals surface area contributed by atoms with Gasteiger partial charge in [0.15, 0.2) is 6.10 Å². The van der Waals surface area contributed by atoms with Gasteiger partial charge in [-0.15, -0.1) is 0 Å². The van der Waals surface area contributed by atoms with Gasteiger partial charge in [0.25, 0.3) is 0 Å². The molecule has 0 amide bonds. The Morgan fingerprint density at radius 1 is 0.357 bits per heavy atom. The maximum Gasteiger partial charge on any atom is 0.306 e. The Bertz CT molecular complexity index is 843. The Morgan fingerprint density at radius 3 is 0.929 bits per heavy atom. The summed E-state index contributed by atoms with van der Waals surface area (Å²) in [4.78, 5) is 37.8. The third kappa shape index (κ3) is 42.0. The molecular formula is C50H96O6. The van der Waals surface area contributed by atoms with Crippen LogP contribution < -0.4 is 0 Å². The van der Waals surface area contributed by atoms with Crippen molar-refractivity contribution in [2.75, 3.05) is 13.2 Å². The second-order valence-electron chi connectivity index (χ2n) is 17.3. The minimum absolute atomic E-state index is 0.0637. The highest BCUT2D eigenvalue weighted by atomic mass is 16.6. The minimum atomic E-state index is -0.760. The lowest BCUT2D eigenvalue weighted by atomic mass is 10.00. The highest BCUT2D eigenvalue weighted by Crippen LogP contribution is 2.17. The van der Waals surface area contributed by atoms with Gasteiger partial charge in [0.05, 0.1) is 0 Å². The van der Waals surface area contributed by atoms with Gasteiger partial charge in [0.1, 0.15) is 13.2 Å². The maximum absolute atomic E-state index is 12.7. The summed E-state index contributed by atoms with van der Waals surface area (Å²) in [5.41, 5.74) is 0. The molecule has 6 nitrogen and oxygen atoms in total. The zero-order chi connectivity index (χ0) is 41.0. The second kappa shape index (κ2) is 44.5. The molecule has 0 heterocycles. The third-order valence-electron chi connectivity index (χ3n) is 11.7. The van der Waals surface area contributed by atoms with Crippen molar-refractivity contribution < 1.29 is 28.6 Å². The summed E-state index contributed by atoms with van der Waals surface area (Å²) >= 11 is 0. The van der Waals surface area contributed by atoms with Crippen LogP contribution in [0.1, 0.15) is 278 Å². The SMILES string of the molecule is CCCCCCCCCCCCCCCCCCC(=O)OC[C@H](COC(=O)CCCCCCCCC(C)CC)OC(=O)CCCCCCCCCCCCCC. The molecule has 0 radical (unpaired) electrons. The summed E-state index contributed by atoms with van der Waals surface area (Å²) in [5, 5.41) is 0. The molecule has 56 heavy (non-hydrogen) atoms. The Kier molecular flexibility index (Phi) is 43.2. The van der Waals surface area contributed by atoms with E-state index in [4.69, 9.17) is 14.2 Å². The molecule has 0 saturated heterocycles. The van der Waals surface area contributed by atoms with Crippen molar-refractivity contribution in [3.8, 4) is 0 Å². The smallest absolute Gasteiger partial charge is 0.306 e. The number of hydrogen-bond donors (Lipinski definition) is 0. The van der Waals surface area contributed by atoms with Gasteiger partial charge >= 0.3 is 17.9 Å². The van der Waals surface area contributed by atoms with Crippen LogP contribution in [0.4, 0.5) is 0 Å². The highest BCUT2D eigenvalue weighted by Gasteiger charge is 2.19. The molecule has 6 heteroatoms. The van der Waals surface area contributed by atoms with Crippen LogP contribution >= 0.6 is 0 Å². The van der Waals surface area contributed by atoms with E-state index in [0.717, 1.165) is 63.7 Å². The van der Waals surface area contributed by atoms with Gasteiger partial charge < -0.3 is 14.2 Å². The number of unbranched alkanes of at least 4 members (excludes halogenated alkanes) is 31. The first-order valence-electron chi connectivity index (χ1n) is 24.9.